The molecule has 2 aromatic rings. The smallest absolute Gasteiger partial charge is 0.254 e. The normalized spacial score (nSPS) is 17.6. The van der Waals surface area contributed by atoms with E-state index in [1.807, 2.05) is 16.3 Å². The average Bonchev–Trinajstić information content (AvgIpc) is 3.16. The van der Waals surface area contributed by atoms with Gasteiger partial charge in [0.2, 0.25) is 5.91 Å². The topological polar surface area (TPSA) is 62.5 Å². The van der Waals surface area contributed by atoms with Crippen molar-refractivity contribution in [3.8, 4) is 5.75 Å². The van der Waals surface area contributed by atoms with Crippen LogP contribution in [0.3, 0.4) is 0 Å². The van der Waals surface area contributed by atoms with Gasteiger partial charge < -0.3 is 14.6 Å². The van der Waals surface area contributed by atoms with E-state index < -0.39 is 0 Å². The zero-order valence-electron chi connectivity index (χ0n) is 13.1. The molecule has 5 nitrogen and oxygen atoms in total. The summed E-state index contributed by atoms with van der Waals surface area (Å²) < 4.78 is 1.54. The van der Waals surface area contributed by atoms with Crippen LogP contribution in [-0.4, -0.2) is 27.0 Å². The van der Waals surface area contributed by atoms with Gasteiger partial charge in [-0.05, 0) is 37.3 Å². The Morgan fingerprint density at radius 2 is 2.26 bits per heavy atom. The first kappa shape index (κ1) is 15.8. The zero-order chi connectivity index (χ0) is 16.4. The van der Waals surface area contributed by atoms with Crippen LogP contribution >= 0.6 is 11.3 Å². The first-order chi connectivity index (χ1) is 11.1. The van der Waals surface area contributed by atoms with Crippen molar-refractivity contribution in [2.75, 3.05) is 6.54 Å². The Hall–Kier alpha value is -2.08. The lowest BCUT2D eigenvalue weighted by atomic mass is 10.2. The fraction of sp³-hybridized carbons (Fsp3) is 0.412. The molecule has 1 atom stereocenters. The van der Waals surface area contributed by atoms with Gasteiger partial charge in [-0.15, -0.1) is 11.3 Å². The minimum absolute atomic E-state index is 0.0348. The lowest BCUT2D eigenvalue weighted by Gasteiger charge is -2.24. The van der Waals surface area contributed by atoms with E-state index in [1.54, 1.807) is 18.3 Å². The number of rotatable bonds is 4. The molecule has 1 saturated heterocycles. The van der Waals surface area contributed by atoms with Crippen molar-refractivity contribution in [2.45, 2.75) is 38.8 Å². The van der Waals surface area contributed by atoms with Crippen LogP contribution in [0.15, 0.2) is 34.4 Å². The van der Waals surface area contributed by atoms with E-state index in [9.17, 15) is 14.7 Å². The van der Waals surface area contributed by atoms with Gasteiger partial charge in [-0.25, -0.2) is 0 Å². The summed E-state index contributed by atoms with van der Waals surface area (Å²) in [5.41, 5.74) is 0.394. The number of aromatic nitrogens is 1. The van der Waals surface area contributed by atoms with Gasteiger partial charge in [0.25, 0.3) is 5.56 Å². The van der Waals surface area contributed by atoms with Crippen LogP contribution in [0.5, 0.6) is 5.75 Å². The van der Waals surface area contributed by atoms with Crippen LogP contribution in [-0.2, 0) is 11.3 Å². The third kappa shape index (κ3) is 3.32. The number of pyridine rings is 1. The molecule has 3 rings (SSSR count). The number of carbonyl (C=O) groups excluding carboxylic acids is 1. The van der Waals surface area contributed by atoms with Crippen molar-refractivity contribution in [3.63, 3.8) is 0 Å². The second-order valence-corrected chi connectivity index (χ2v) is 6.83. The third-order valence-electron chi connectivity index (χ3n) is 4.31. The second-order valence-electron chi connectivity index (χ2n) is 5.86. The maximum absolute atomic E-state index is 12.6. The summed E-state index contributed by atoms with van der Waals surface area (Å²) in [6.07, 6.45) is 2.32. The van der Waals surface area contributed by atoms with Gasteiger partial charge in [-0.3, -0.25) is 9.59 Å². The summed E-state index contributed by atoms with van der Waals surface area (Å²) in [6, 6.07) is 6.99. The monoisotopic (exact) mass is 332 g/mol. The Morgan fingerprint density at radius 1 is 1.43 bits per heavy atom. The maximum Gasteiger partial charge on any atom is 0.254 e. The van der Waals surface area contributed by atoms with Gasteiger partial charge in [0.05, 0.1) is 6.04 Å². The number of carbonyl (C=O) groups is 1. The zero-order valence-corrected chi connectivity index (χ0v) is 13.9. The number of amides is 1. The molecule has 1 fully saturated rings. The van der Waals surface area contributed by atoms with Gasteiger partial charge in [0, 0.05) is 36.1 Å². The molecule has 1 aliphatic heterocycles. The quantitative estimate of drug-likeness (QED) is 0.936. The molecule has 3 heterocycles. The molecule has 6 heteroatoms. The Kier molecular flexibility index (Phi) is 4.52. The number of likely N-dealkylation sites (tertiary alicyclic amines) is 1. The second kappa shape index (κ2) is 6.58. The average molecular weight is 332 g/mol. The number of aryl methyl sites for hydroxylation is 1. The van der Waals surface area contributed by atoms with Crippen LogP contribution in [0.25, 0.3) is 0 Å². The predicted molar refractivity (Wildman–Crippen MR) is 89.7 cm³/mol. The highest BCUT2D eigenvalue weighted by atomic mass is 32.1. The van der Waals surface area contributed by atoms with Gasteiger partial charge in [0.15, 0.2) is 0 Å². The number of hydrogen-bond donors (Lipinski definition) is 1. The highest BCUT2D eigenvalue weighted by Gasteiger charge is 2.30. The van der Waals surface area contributed by atoms with E-state index in [4.69, 9.17) is 0 Å². The molecular formula is C17H20N2O3S. The summed E-state index contributed by atoms with van der Waals surface area (Å²) in [5.74, 6) is 0.0488. The molecule has 0 aliphatic carbocycles. The van der Waals surface area contributed by atoms with E-state index >= 15 is 0 Å². The van der Waals surface area contributed by atoms with E-state index in [0.717, 1.165) is 19.4 Å². The molecule has 23 heavy (non-hydrogen) atoms. The highest BCUT2D eigenvalue weighted by molar-refractivity contribution is 7.10. The summed E-state index contributed by atoms with van der Waals surface area (Å²) >= 11 is 1.69. The van der Waals surface area contributed by atoms with Crippen LogP contribution in [0.1, 0.15) is 35.9 Å². The van der Waals surface area contributed by atoms with Crippen molar-refractivity contribution in [1.82, 2.24) is 9.47 Å². The molecule has 0 radical (unpaired) electrons. The van der Waals surface area contributed by atoms with Crippen molar-refractivity contribution >= 4 is 17.2 Å². The van der Waals surface area contributed by atoms with Crippen molar-refractivity contribution in [3.05, 3.63) is 50.6 Å². The first-order valence-corrected chi connectivity index (χ1v) is 8.67. The molecular weight excluding hydrogens is 312 g/mol. The van der Waals surface area contributed by atoms with Crippen LogP contribution in [0, 0.1) is 6.92 Å². The number of aromatic hydroxyl groups is 1. The Balaban J connectivity index is 1.69. The molecule has 2 aromatic heterocycles. The van der Waals surface area contributed by atoms with Crippen LogP contribution in [0.4, 0.5) is 0 Å². The SMILES string of the molecule is Cc1cc(O)cc(=O)n1CCC(=O)N1CCC[C@H]1c1cccs1. The first-order valence-electron chi connectivity index (χ1n) is 7.79. The Labute approximate surface area is 138 Å². The lowest BCUT2D eigenvalue weighted by Crippen LogP contribution is -2.32. The molecule has 0 saturated carbocycles. The van der Waals surface area contributed by atoms with E-state index in [-0.39, 0.29) is 23.3 Å². The van der Waals surface area contributed by atoms with Crippen molar-refractivity contribution < 1.29 is 9.90 Å². The fourth-order valence-electron chi connectivity index (χ4n) is 3.19. The highest BCUT2D eigenvalue weighted by Crippen LogP contribution is 2.34. The Bertz CT molecular complexity index is 752. The van der Waals surface area contributed by atoms with Gasteiger partial charge >= 0.3 is 0 Å². The number of nitrogens with zero attached hydrogens (tertiary/aromatic N) is 2. The van der Waals surface area contributed by atoms with E-state index in [1.165, 1.54) is 21.6 Å². The van der Waals surface area contributed by atoms with Crippen molar-refractivity contribution in [2.24, 2.45) is 0 Å². The summed E-state index contributed by atoms with van der Waals surface area (Å²) in [4.78, 5) is 27.7. The molecule has 122 valence electrons. The van der Waals surface area contributed by atoms with Crippen LogP contribution < -0.4 is 5.56 Å². The summed E-state index contributed by atoms with van der Waals surface area (Å²) in [7, 11) is 0. The molecule has 0 bridgehead atoms. The van der Waals surface area contributed by atoms with Crippen LogP contribution in [0.2, 0.25) is 0 Å². The molecule has 0 aromatic carbocycles. The van der Waals surface area contributed by atoms with E-state index in [0.29, 0.717) is 18.7 Å². The van der Waals surface area contributed by atoms with Gasteiger partial charge in [-0.1, -0.05) is 6.07 Å². The molecule has 1 aliphatic rings. The van der Waals surface area contributed by atoms with Gasteiger partial charge in [-0.2, -0.15) is 0 Å². The largest absolute Gasteiger partial charge is 0.508 e. The van der Waals surface area contributed by atoms with E-state index in [2.05, 4.69) is 6.07 Å². The fourth-order valence-corrected chi connectivity index (χ4v) is 4.06. The van der Waals surface area contributed by atoms with Crippen molar-refractivity contribution in [1.29, 1.82) is 0 Å². The molecule has 1 amide bonds. The predicted octanol–water partition coefficient (Wildman–Crippen LogP) is 2.68. The maximum atomic E-state index is 12.6. The number of thiophene rings is 1. The molecule has 0 unspecified atom stereocenters. The summed E-state index contributed by atoms with van der Waals surface area (Å²) in [5, 5.41) is 11.5. The lowest BCUT2D eigenvalue weighted by molar-refractivity contribution is -0.132. The minimum Gasteiger partial charge on any atom is -0.508 e. The standard InChI is InChI=1S/C17H20N2O3S/c1-12-10-13(20)11-17(22)18(12)8-6-16(21)19-7-2-4-14(19)15-5-3-9-23-15/h3,5,9-11,14,20H,2,4,6-8H2,1H3/t14-/m0/s1. The summed E-state index contributed by atoms with van der Waals surface area (Å²) in [6.45, 7) is 2.89. The Morgan fingerprint density at radius 3 is 2.96 bits per heavy atom. The molecule has 0 spiro atoms. The number of hydrogen-bond acceptors (Lipinski definition) is 4. The minimum atomic E-state index is -0.272. The molecule has 1 N–H and O–H groups in total. The third-order valence-corrected chi connectivity index (χ3v) is 5.29. The van der Waals surface area contributed by atoms with Gasteiger partial charge in [0.1, 0.15) is 5.75 Å².